The monoisotopic (exact) mass is 145 g/mol. The quantitative estimate of drug-likeness (QED) is 0.637. The standard InChI is InChI=1S/C8H19NO/c1-5-9(4)6-8(10)7(2)3/h7-8,10H,5-6H2,1-4H3. The van der Waals surface area contributed by atoms with Crippen molar-refractivity contribution < 1.29 is 5.11 Å². The Morgan fingerprint density at radius 3 is 2.20 bits per heavy atom. The Morgan fingerprint density at radius 2 is 1.90 bits per heavy atom. The molecule has 10 heavy (non-hydrogen) atoms. The molecule has 0 amide bonds. The van der Waals surface area contributed by atoms with Gasteiger partial charge in [0.25, 0.3) is 0 Å². The van der Waals surface area contributed by atoms with Crippen molar-refractivity contribution in [1.82, 2.24) is 4.90 Å². The van der Waals surface area contributed by atoms with E-state index in [0.29, 0.717) is 5.92 Å². The molecule has 0 aromatic rings. The van der Waals surface area contributed by atoms with Gasteiger partial charge in [-0.2, -0.15) is 0 Å². The van der Waals surface area contributed by atoms with Crippen molar-refractivity contribution in [2.45, 2.75) is 26.9 Å². The van der Waals surface area contributed by atoms with E-state index in [1.807, 2.05) is 20.9 Å². The van der Waals surface area contributed by atoms with Gasteiger partial charge in [-0.05, 0) is 19.5 Å². The van der Waals surface area contributed by atoms with E-state index in [2.05, 4.69) is 11.8 Å². The second-order valence-electron chi connectivity index (χ2n) is 3.17. The molecule has 0 heterocycles. The Labute approximate surface area is 63.8 Å². The molecule has 1 unspecified atom stereocenters. The topological polar surface area (TPSA) is 23.5 Å². The van der Waals surface area contributed by atoms with Crippen LogP contribution in [0.5, 0.6) is 0 Å². The molecule has 0 aromatic heterocycles. The zero-order chi connectivity index (χ0) is 8.15. The molecule has 0 saturated heterocycles. The van der Waals surface area contributed by atoms with Crippen molar-refractivity contribution in [3.63, 3.8) is 0 Å². The van der Waals surface area contributed by atoms with Crippen LogP contribution in [0.3, 0.4) is 0 Å². The number of rotatable bonds is 4. The summed E-state index contributed by atoms with van der Waals surface area (Å²) >= 11 is 0. The highest BCUT2D eigenvalue weighted by molar-refractivity contribution is 4.63. The average molecular weight is 145 g/mol. The fourth-order valence-corrected chi connectivity index (χ4v) is 0.659. The first-order valence-corrected chi connectivity index (χ1v) is 3.94. The molecule has 1 atom stereocenters. The van der Waals surface area contributed by atoms with E-state index in [1.165, 1.54) is 0 Å². The van der Waals surface area contributed by atoms with E-state index in [1.54, 1.807) is 0 Å². The van der Waals surface area contributed by atoms with Gasteiger partial charge in [0.2, 0.25) is 0 Å². The van der Waals surface area contributed by atoms with Crippen molar-refractivity contribution in [2.24, 2.45) is 5.92 Å². The first-order valence-electron chi connectivity index (χ1n) is 3.94. The van der Waals surface area contributed by atoms with E-state index in [-0.39, 0.29) is 6.10 Å². The Morgan fingerprint density at radius 1 is 1.40 bits per heavy atom. The summed E-state index contributed by atoms with van der Waals surface area (Å²) in [5, 5.41) is 9.39. The van der Waals surface area contributed by atoms with E-state index >= 15 is 0 Å². The third-order valence-electron chi connectivity index (χ3n) is 1.81. The maximum atomic E-state index is 9.39. The Hall–Kier alpha value is -0.0800. The van der Waals surface area contributed by atoms with Gasteiger partial charge in [0.15, 0.2) is 0 Å². The van der Waals surface area contributed by atoms with Crippen LogP contribution in [-0.2, 0) is 0 Å². The highest BCUT2D eigenvalue weighted by Crippen LogP contribution is 2.01. The third-order valence-corrected chi connectivity index (χ3v) is 1.81. The molecule has 0 saturated carbocycles. The lowest BCUT2D eigenvalue weighted by Gasteiger charge is -2.20. The summed E-state index contributed by atoms with van der Waals surface area (Å²) < 4.78 is 0. The largest absolute Gasteiger partial charge is 0.392 e. The normalized spacial score (nSPS) is 14.7. The van der Waals surface area contributed by atoms with Gasteiger partial charge in [-0.25, -0.2) is 0 Å². The third kappa shape index (κ3) is 3.85. The number of likely N-dealkylation sites (N-methyl/N-ethyl adjacent to an activating group) is 1. The highest BCUT2D eigenvalue weighted by atomic mass is 16.3. The van der Waals surface area contributed by atoms with Crippen LogP contribution in [0, 0.1) is 5.92 Å². The molecule has 0 aliphatic carbocycles. The van der Waals surface area contributed by atoms with Crippen LogP contribution in [-0.4, -0.2) is 36.2 Å². The number of aliphatic hydroxyl groups is 1. The van der Waals surface area contributed by atoms with Gasteiger partial charge in [-0.15, -0.1) is 0 Å². The minimum absolute atomic E-state index is 0.176. The lowest BCUT2D eigenvalue weighted by atomic mass is 10.1. The van der Waals surface area contributed by atoms with Crippen LogP contribution < -0.4 is 0 Å². The second kappa shape index (κ2) is 4.69. The zero-order valence-electron chi connectivity index (χ0n) is 7.46. The van der Waals surface area contributed by atoms with E-state index in [9.17, 15) is 5.11 Å². The first-order chi connectivity index (χ1) is 4.57. The molecule has 0 fully saturated rings. The summed E-state index contributed by atoms with van der Waals surface area (Å²) in [5.74, 6) is 0.369. The van der Waals surface area contributed by atoms with Gasteiger partial charge in [-0.3, -0.25) is 0 Å². The zero-order valence-corrected chi connectivity index (χ0v) is 7.46. The van der Waals surface area contributed by atoms with Gasteiger partial charge >= 0.3 is 0 Å². The lowest BCUT2D eigenvalue weighted by molar-refractivity contribution is 0.0881. The van der Waals surface area contributed by atoms with Crippen molar-refractivity contribution in [1.29, 1.82) is 0 Å². The second-order valence-corrected chi connectivity index (χ2v) is 3.17. The molecule has 0 bridgehead atoms. The average Bonchev–Trinajstić information content (AvgIpc) is 1.87. The van der Waals surface area contributed by atoms with Gasteiger partial charge in [0.05, 0.1) is 6.10 Å². The van der Waals surface area contributed by atoms with E-state index in [0.717, 1.165) is 13.1 Å². The molecule has 0 spiro atoms. The number of aliphatic hydroxyl groups excluding tert-OH is 1. The smallest absolute Gasteiger partial charge is 0.0689 e. The molecule has 0 aliphatic heterocycles. The minimum atomic E-state index is -0.176. The number of nitrogens with zero attached hydrogens (tertiary/aromatic N) is 1. The SMILES string of the molecule is CCN(C)CC(O)C(C)C. The van der Waals surface area contributed by atoms with Crippen LogP contribution in [0.15, 0.2) is 0 Å². The van der Waals surface area contributed by atoms with Gasteiger partial charge in [-0.1, -0.05) is 20.8 Å². The first kappa shape index (κ1) is 9.92. The van der Waals surface area contributed by atoms with Gasteiger partial charge < -0.3 is 10.0 Å². The number of hydrogen-bond acceptors (Lipinski definition) is 2. The summed E-state index contributed by atoms with van der Waals surface area (Å²) in [5.41, 5.74) is 0. The van der Waals surface area contributed by atoms with Crippen molar-refractivity contribution >= 4 is 0 Å². The molecule has 0 radical (unpaired) electrons. The van der Waals surface area contributed by atoms with Gasteiger partial charge in [0, 0.05) is 6.54 Å². The molecule has 2 nitrogen and oxygen atoms in total. The summed E-state index contributed by atoms with van der Waals surface area (Å²) in [4.78, 5) is 2.12. The van der Waals surface area contributed by atoms with Crippen LogP contribution in [0.2, 0.25) is 0 Å². The van der Waals surface area contributed by atoms with Crippen molar-refractivity contribution in [2.75, 3.05) is 20.1 Å². The summed E-state index contributed by atoms with van der Waals surface area (Å²) in [7, 11) is 2.02. The van der Waals surface area contributed by atoms with Crippen LogP contribution >= 0.6 is 0 Å². The lowest BCUT2D eigenvalue weighted by Crippen LogP contribution is -2.32. The summed E-state index contributed by atoms with van der Waals surface area (Å²) in [6.07, 6.45) is -0.176. The van der Waals surface area contributed by atoms with Crippen LogP contribution in [0.25, 0.3) is 0 Å². The van der Waals surface area contributed by atoms with Crippen molar-refractivity contribution in [3.05, 3.63) is 0 Å². The van der Waals surface area contributed by atoms with Crippen LogP contribution in [0.1, 0.15) is 20.8 Å². The Kier molecular flexibility index (Phi) is 4.65. The predicted octanol–water partition coefficient (Wildman–Crippen LogP) is 0.955. The number of hydrogen-bond donors (Lipinski definition) is 1. The maximum Gasteiger partial charge on any atom is 0.0689 e. The predicted molar refractivity (Wildman–Crippen MR) is 44.0 cm³/mol. The van der Waals surface area contributed by atoms with Crippen molar-refractivity contribution in [3.8, 4) is 0 Å². The maximum absolute atomic E-state index is 9.39. The summed E-state index contributed by atoms with van der Waals surface area (Å²) in [6.45, 7) is 7.95. The fourth-order valence-electron chi connectivity index (χ4n) is 0.659. The van der Waals surface area contributed by atoms with Crippen LogP contribution in [0.4, 0.5) is 0 Å². The molecule has 62 valence electrons. The summed E-state index contributed by atoms with van der Waals surface area (Å²) in [6, 6.07) is 0. The van der Waals surface area contributed by atoms with E-state index < -0.39 is 0 Å². The molecular weight excluding hydrogens is 126 g/mol. The molecular formula is C8H19NO. The highest BCUT2D eigenvalue weighted by Gasteiger charge is 2.09. The van der Waals surface area contributed by atoms with Gasteiger partial charge in [0.1, 0.15) is 0 Å². The molecule has 0 aliphatic rings. The fraction of sp³-hybridized carbons (Fsp3) is 1.00. The Balaban J connectivity index is 3.46. The molecule has 0 aromatic carbocycles. The molecule has 1 N–H and O–H groups in total. The minimum Gasteiger partial charge on any atom is -0.392 e. The Bertz CT molecular complexity index is 83.3. The van der Waals surface area contributed by atoms with E-state index in [4.69, 9.17) is 0 Å². The molecule has 2 heteroatoms. The molecule has 0 rings (SSSR count).